The number of allylic oxidation sites excluding steroid dienone is 3. The molecule has 5 nitrogen and oxygen atoms in total. The fraction of sp³-hybridized carbons (Fsp3) is 0.462. The van der Waals surface area contributed by atoms with Gasteiger partial charge in [0.15, 0.2) is 11.2 Å². The summed E-state index contributed by atoms with van der Waals surface area (Å²) in [5.41, 5.74) is 0.718. The number of Topliss-reactive ketones (excluding diaryl/α,β-unsaturated/α-hetero) is 1. The van der Waals surface area contributed by atoms with E-state index in [0.717, 1.165) is 11.1 Å². The van der Waals surface area contributed by atoms with Gasteiger partial charge in [-0.1, -0.05) is 6.08 Å². The highest BCUT2D eigenvalue weighted by Crippen LogP contribution is 2.47. The maximum Gasteiger partial charge on any atom is 0.327 e. The highest BCUT2D eigenvalue weighted by molar-refractivity contribution is 6.08. The maximum absolute atomic E-state index is 11.9. The second-order valence-electron chi connectivity index (χ2n) is 4.50. The first-order chi connectivity index (χ1) is 8.46. The van der Waals surface area contributed by atoms with E-state index < -0.39 is 17.4 Å². The summed E-state index contributed by atoms with van der Waals surface area (Å²) in [6.45, 7) is 1.71. The lowest BCUT2D eigenvalue weighted by Gasteiger charge is -2.21. The zero-order chi connectivity index (χ0) is 13.5. The van der Waals surface area contributed by atoms with Crippen LogP contribution in [0.2, 0.25) is 0 Å². The Balaban J connectivity index is 2.48. The normalized spacial score (nSPS) is 20.6. The maximum atomic E-state index is 11.9. The zero-order valence-electron chi connectivity index (χ0n) is 10.5. The number of hydrogen-bond donors (Lipinski definition) is 0. The van der Waals surface area contributed by atoms with Crippen LogP contribution in [0.1, 0.15) is 19.8 Å². The number of rotatable bonds is 2. The standard InChI is InChI=1S/C13H14O5/c1-7-9-6-13(11(15)17-2,12(16)18-3)5-8(9)4-10(7)14/h5H,4,6H2,1-3H3. The quantitative estimate of drug-likeness (QED) is 0.539. The van der Waals surface area contributed by atoms with Crippen molar-refractivity contribution in [3.8, 4) is 0 Å². The molecule has 0 atom stereocenters. The molecular formula is C13H14O5. The van der Waals surface area contributed by atoms with Crippen molar-refractivity contribution in [3.05, 3.63) is 22.8 Å². The van der Waals surface area contributed by atoms with E-state index in [9.17, 15) is 14.4 Å². The van der Waals surface area contributed by atoms with E-state index in [1.54, 1.807) is 6.92 Å². The molecule has 0 amide bonds. The third-order valence-electron chi connectivity index (χ3n) is 3.59. The molecule has 0 saturated carbocycles. The Hall–Kier alpha value is -1.91. The lowest BCUT2D eigenvalue weighted by molar-refractivity contribution is -0.164. The van der Waals surface area contributed by atoms with E-state index in [2.05, 4.69) is 0 Å². The average molecular weight is 250 g/mol. The van der Waals surface area contributed by atoms with Crippen molar-refractivity contribution in [2.75, 3.05) is 14.2 Å². The molecule has 18 heavy (non-hydrogen) atoms. The van der Waals surface area contributed by atoms with Crippen molar-refractivity contribution in [2.45, 2.75) is 19.8 Å². The molecule has 0 saturated heterocycles. The summed E-state index contributed by atoms with van der Waals surface area (Å²) >= 11 is 0. The van der Waals surface area contributed by atoms with E-state index in [0.29, 0.717) is 5.57 Å². The highest BCUT2D eigenvalue weighted by Gasteiger charge is 2.53. The van der Waals surface area contributed by atoms with Crippen LogP contribution in [0, 0.1) is 5.41 Å². The van der Waals surface area contributed by atoms with E-state index in [4.69, 9.17) is 9.47 Å². The van der Waals surface area contributed by atoms with E-state index in [1.807, 2.05) is 0 Å². The second kappa shape index (κ2) is 4.08. The number of hydrogen-bond acceptors (Lipinski definition) is 5. The van der Waals surface area contributed by atoms with Crippen LogP contribution in [0.4, 0.5) is 0 Å². The van der Waals surface area contributed by atoms with E-state index >= 15 is 0 Å². The van der Waals surface area contributed by atoms with Gasteiger partial charge in [-0.3, -0.25) is 14.4 Å². The minimum absolute atomic E-state index is 0.0413. The SMILES string of the molecule is COC(=O)C1(C(=O)OC)C=C2CC(=O)C(C)=C2C1. The van der Waals surface area contributed by atoms with Gasteiger partial charge in [-0.25, -0.2) is 0 Å². The number of carbonyl (C=O) groups excluding carboxylic acids is 3. The third-order valence-corrected chi connectivity index (χ3v) is 3.59. The van der Waals surface area contributed by atoms with Crippen molar-refractivity contribution in [1.29, 1.82) is 0 Å². The Morgan fingerprint density at radius 2 is 1.78 bits per heavy atom. The zero-order valence-corrected chi connectivity index (χ0v) is 10.5. The highest BCUT2D eigenvalue weighted by atomic mass is 16.5. The summed E-state index contributed by atoms with van der Waals surface area (Å²) in [6.07, 6.45) is 1.92. The predicted molar refractivity (Wildman–Crippen MR) is 61.5 cm³/mol. The molecule has 0 bridgehead atoms. The Labute approximate surface area is 104 Å². The summed E-state index contributed by atoms with van der Waals surface area (Å²) in [5.74, 6) is -1.26. The van der Waals surface area contributed by atoms with Crippen LogP contribution in [0.25, 0.3) is 0 Å². The molecule has 0 heterocycles. The van der Waals surface area contributed by atoms with Crippen molar-refractivity contribution in [1.82, 2.24) is 0 Å². The van der Waals surface area contributed by atoms with Crippen LogP contribution in [-0.2, 0) is 23.9 Å². The number of methoxy groups -OCH3 is 2. The Morgan fingerprint density at radius 1 is 1.22 bits per heavy atom. The van der Waals surface area contributed by atoms with Gasteiger partial charge in [0, 0.05) is 12.8 Å². The van der Waals surface area contributed by atoms with Gasteiger partial charge in [0.2, 0.25) is 0 Å². The van der Waals surface area contributed by atoms with Gasteiger partial charge in [-0.15, -0.1) is 0 Å². The number of carbonyl (C=O) groups is 3. The van der Waals surface area contributed by atoms with Crippen molar-refractivity contribution in [3.63, 3.8) is 0 Å². The van der Waals surface area contributed by atoms with Gasteiger partial charge in [-0.2, -0.15) is 0 Å². The summed E-state index contributed by atoms with van der Waals surface area (Å²) < 4.78 is 9.39. The molecule has 2 rings (SSSR count). The first kappa shape index (κ1) is 12.5. The molecule has 0 radical (unpaired) electrons. The molecule has 0 aliphatic heterocycles. The monoisotopic (exact) mass is 250 g/mol. The van der Waals surface area contributed by atoms with Crippen LogP contribution in [0.5, 0.6) is 0 Å². The van der Waals surface area contributed by atoms with Gasteiger partial charge in [0.05, 0.1) is 14.2 Å². The first-order valence-corrected chi connectivity index (χ1v) is 5.58. The van der Waals surface area contributed by atoms with Gasteiger partial charge in [0.25, 0.3) is 0 Å². The van der Waals surface area contributed by atoms with Crippen LogP contribution < -0.4 is 0 Å². The third kappa shape index (κ3) is 1.50. The molecule has 0 unspecified atom stereocenters. The largest absolute Gasteiger partial charge is 0.468 e. The molecule has 96 valence electrons. The van der Waals surface area contributed by atoms with E-state index in [1.165, 1.54) is 20.3 Å². The van der Waals surface area contributed by atoms with Crippen LogP contribution in [0.3, 0.4) is 0 Å². The molecule has 2 aliphatic carbocycles. The smallest absolute Gasteiger partial charge is 0.327 e. The minimum atomic E-state index is -1.42. The lowest BCUT2D eigenvalue weighted by Crippen LogP contribution is -2.38. The van der Waals surface area contributed by atoms with Gasteiger partial charge >= 0.3 is 11.9 Å². The summed E-state index contributed by atoms with van der Waals surface area (Å²) in [4.78, 5) is 35.3. The van der Waals surface area contributed by atoms with Crippen molar-refractivity contribution in [2.24, 2.45) is 5.41 Å². The Morgan fingerprint density at radius 3 is 2.22 bits per heavy atom. The summed E-state index contributed by atoms with van der Waals surface area (Å²) in [5, 5.41) is 0. The first-order valence-electron chi connectivity index (χ1n) is 5.58. The van der Waals surface area contributed by atoms with Gasteiger partial charge in [0.1, 0.15) is 0 Å². The molecule has 0 aromatic heterocycles. The van der Waals surface area contributed by atoms with Crippen molar-refractivity contribution < 1.29 is 23.9 Å². The Bertz CT molecular complexity index is 493. The van der Waals surface area contributed by atoms with Crippen molar-refractivity contribution >= 4 is 17.7 Å². The molecular weight excluding hydrogens is 236 g/mol. The van der Waals surface area contributed by atoms with Crippen LogP contribution >= 0.6 is 0 Å². The number of esters is 2. The van der Waals surface area contributed by atoms with Gasteiger partial charge < -0.3 is 9.47 Å². The fourth-order valence-corrected chi connectivity index (χ4v) is 2.54. The average Bonchev–Trinajstić information content (AvgIpc) is 2.86. The number of ether oxygens (including phenoxy) is 2. The van der Waals surface area contributed by atoms with Crippen LogP contribution in [-0.4, -0.2) is 31.9 Å². The van der Waals surface area contributed by atoms with Crippen LogP contribution in [0.15, 0.2) is 22.8 Å². The number of ketones is 1. The predicted octanol–water partition coefficient (Wildman–Crippen LogP) is 0.938. The lowest BCUT2D eigenvalue weighted by atomic mass is 9.86. The Kier molecular flexibility index (Phi) is 2.84. The molecule has 0 fully saturated rings. The summed E-state index contributed by atoms with van der Waals surface area (Å²) in [6, 6.07) is 0. The van der Waals surface area contributed by atoms with E-state index in [-0.39, 0.29) is 18.6 Å². The molecule has 5 heteroatoms. The molecule has 0 spiro atoms. The topological polar surface area (TPSA) is 69.7 Å². The molecule has 0 aromatic carbocycles. The minimum Gasteiger partial charge on any atom is -0.468 e. The molecule has 0 aromatic rings. The summed E-state index contributed by atoms with van der Waals surface area (Å²) in [7, 11) is 2.46. The van der Waals surface area contributed by atoms with Gasteiger partial charge in [-0.05, 0) is 23.6 Å². The molecule has 2 aliphatic rings. The number of fused-ring (bicyclic) bond motifs is 1. The molecule has 0 N–H and O–H groups in total. The second-order valence-corrected chi connectivity index (χ2v) is 4.50. The fourth-order valence-electron chi connectivity index (χ4n) is 2.54.